The van der Waals surface area contributed by atoms with E-state index in [-0.39, 0.29) is 17.5 Å². The van der Waals surface area contributed by atoms with E-state index in [2.05, 4.69) is 15.3 Å². The molecule has 2 amide bonds. The first-order valence-corrected chi connectivity index (χ1v) is 11.2. The van der Waals surface area contributed by atoms with Gasteiger partial charge in [0.25, 0.3) is 0 Å². The minimum absolute atomic E-state index is 0.262. The molecule has 0 bridgehead atoms. The Morgan fingerprint density at radius 2 is 1.97 bits per heavy atom. The Balaban J connectivity index is 1.53. The van der Waals surface area contributed by atoms with E-state index < -0.39 is 0 Å². The van der Waals surface area contributed by atoms with Gasteiger partial charge in [0.15, 0.2) is 12.1 Å². The summed E-state index contributed by atoms with van der Waals surface area (Å²) in [6.07, 6.45) is 4.76. The predicted octanol–water partition coefficient (Wildman–Crippen LogP) is 5.24. The predicted molar refractivity (Wildman–Crippen MR) is 130 cm³/mol. The molecular formula is C23H24Cl2N6O2. The summed E-state index contributed by atoms with van der Waals surface area (Å²) >= 11 is 12.1. The summed E-state index contributed by atoms with van der Waals surface area (Å²) in [5.41, 5.74) is 2.99. The molecule has 33 heavy (non-hydrogen) atoms. The molecule has 10 heteroatoms. The summed E-state index contributed by atoms with van der Waals surface area (Å²) in [4.78, 5) is 36.8. The van der Waals surface area contributed by atoms with Crippen molar-refractivity contribution in [1.29, 1.82) is 0 Å². The number of aldehydes is 1. The fraction of sp³-hybridized carbons (Fsp3) is 0.304. The third kappa shape index (κ3) is 4.96. The van der Waals surface area contributed by atoms with Crippen LogP contribution in [-0.2, 0) is 13.6 Å². The number of hydrogen-bond acceptors (Lipinski definition) is 5. The van der Waals surface area contributed by atoms with Gasteiger partial charge in [-0.3, -0.25) is 14.7 Å². The van der Waals surface area contributed by atoms with Crippen LogP contribution < -0.4 is 10.2 Å². The molecule has 1 fully saturated rings. The second-order valence-corrected chi connectivity index (χ2v) is 8.95. The fourth-order valence-electron chi connectivity index (χ4n) is 3.57. The molecule has 0 aliphatic heterocycles. The second-order valence-electron chi connectivity index (χ2n) is 8.14. The molecule has 2 aromatic heterocycles. The van der Waals surface area contributed by atoms with E-state index in [0.717, 1.165) is 29.8 Å². The minimum atomic E-state index is -0.325. The molecule has 0 spiro atoms. The van der Waals surface area contributed by atoms with Crippen molar-refractivity contribution in [1.82, 2.24) is 19.4 Å². The van der Waals surface area contributed by atoms with Gasteiger partial charge in [0, 0.05) is 51.2 Å². The largest absolute Gasteiger partial charge is 0.325 e. The van der Waals surface area contributed by atoms with Gasteiger partial charge >= 0.3 is 6.03 Å². The van der Waals surface area contributed by atoms with Crippen LogP contribution in [0.3, 0.4) is 0 Å². The molecule has 3 aromatic rings. The quantitative estimate of drug-likeness (QED) is 0.461. The van der Waals surface area contributed by atoms with Crippen LogP contribution in [0.1, 0.15) is 40.5 Å². The highest BCUT2D eigenvalue weighted by molar-refractivity contribution is 6.42. The number of aromatic nitrogens is 3. The summed E-state index contributed by atoms with van der Waals surface area (Å²) in [6.45, 7) is 0.315. The summed E-state index contributed by atoms with van der Waals surface area (Å²) in [5.74, 6) is 1.23. The number of carbonyl (C=O) groups is 2. The Hall–Kier alpha value is -3.10. The van der Waals surface area contributed by atoms with Gasteiger partial charge in [-0.05, 0) is 42.7 Å². The lowest BCUT2D eigenvalue weighted by molar-refractivity contribution is 0.111. The third-order valence-electron chi connectivity index (χ3n) is 5.60. The van der Waals surface area contributed by atoms with E-state index in [1.54, 1.807) is 44.0 Å². The monoisotopic (exact) mass is 486 g/mol. The van der Waals surface area contributed by atoms with Crippen LogP contribution in [-0.4, -0.2) is 45.8 Å². The molecule has 1 aliphatic rings. The molecule has 8 nitrogen and oxygen atoms in total. The average molecular weight is 487 g/mol. The highest BCUT2D eigenvalue weighted by atomic mass is 35.5. The summed E-state index contributed by atoms with van der Waals surface area (Å²) < 4.78 is 1.63. The topological polar surface area (TPSA) is 83.4 Å². The molecule has 1 aliphatic carbocycles. The first-order valence-electron chi connectivity index (χ1n) is 10.5. The zero-order valence-corrected chi connectivity index (χ0v) is 20.1. The van der Waals surface area contributed by atoms with Crippen LogP contribution in [0.2, 0.25) is 10.0 Å². The Morgan fingerprint density at radius 3 is 2.64 bits per heavy atom. The molecule has 4 rings (SSSR count). The number of rotatable bonds is 7. The maximum atomic E-state index is 13.1. The van der Waals surface area contributed by atoms with Gasteiger partial charge in [0.05, 0.1) is 10.0 Å². The number of imidazole rings is 1. The van der Waals surface area contributed by atoms with Crippen molar-refractivity contribution in [2.24, 2.45) is 7.05 Å². The number of halogens is 2. The molecule has 0 atom stereocenters. The minimum Gasteiger partial charge on any atom is -0.325 e. The van der Waals surface area contributed by atoms with Crippen molar-refractivity contribution < 1.29 is 9.59 Å². The van der Waals surface area contributed by atoms with E-state index in [1.165, 1.54) is 9.80 Å². The number of hydrogen-bond donors (Lipinski definition) is 1. The van der Waals surface area contributed by atoms with E-state index in [1.807, 2.05) is 18.2 Å². The van der Waals surface area contributed by atoms with Crippen molar-refractivity contribution in [3.63, 3.8) is 0 Å². The number of pyridine rings is 1. The smallest absolute Gasteiger partial charge is 0.325 e. The van der Waals surface area contributed by atoms with Crippen LogP contribution >= 0.6 is 23.2 Å². The Morgan fingerprint density at radius 1 is 1.21 bits per heavy atom. The number of nitrogens with one attached hydrogen (secondary N) is 1. The molecular weight excluding hydrogens is 463 g/mol. The van der Waals surface area contributed by atoms with E-state index in [4.69, 9.17) is 23.2 Å². The lowest BCUT2D eigenvalue weighted by atomic mass is 10.2. The Bertz CT molecular complexity index is 1210. The van der Waals surface area contributed by atoms with Gasteiger partial charge in [-0.1, -0.05) is 29.3 Å². The Labute approximate surface area is 202 Å². The standard InChI is InChI=1S/C23H24Cl2N6O2/c1-29(12-14-4-7-17(24)18(25)10-14)23(33)31(3)21-20(13-32)30(2)22(28-21)27-16-8-9-26-19(11-16)15-5-6-15/h4,7-11,13,15H,5-6,12H2,1-3H3,(H,26,27,28). The first kappa shape index (κ1) is 23.1. The molecule has 0 saturated heterocycles. The van der Waals surface area contributed by atoms with Crippen molar-refractivity contribution in [2.75, 3.05) is 24.3 Å². The van der Waals surface area contributed by atoms with Crippen molar-refractivity contribution >= 4 is 53.0 Å². The number of amides is 2. The fourth-order valence-corrected chi connectivity index (χ4v) is 3.89. The molecule has 1 aromatic carbocycles. The number of benzene rings is 1. The van der Waals surface area contributed by atoms with E-state index in [9.17, 15) is 9.59 Å². The van der Waals surface area contributed by atoms with Gasteiger partial charge in [-0.25, -0.2) is 4.79 Å². The highest BCUT2D eigenvalue weighted by Crippen LogP contribution is 2.39. The van der Waals surface area contributed by atoms with Crippen molar-refractivity contribution in [3.8, 4) is 0 Å². The molecule has 1 N–H and O–H groups in total. The lowest BCUT2D eigenvalue weighted by Gasteiger charge is -2.24. The van der Waals surface area contributed by atoms with Gasteiger partial charge in [-0.2, -0.15) is 4.98 Å². The van der Waals surface area contributed by atoms with Gasteiger partial charge < -0.3 is 14.8 Å². The zero-order chi connectivity index (χ0) is 23.7. The SMILES string of the molecule is CN(Cc1ccc(Cl)c(Cl)c1)C(=O)N(C)c1nc(Nc2ccnc(C3CC3)c2)n(C)c1C=O. The molecule has 1 saturated carbocycles. The van der Waals surface area contributed by atoms with Crippen molar-refractivity contribution in [3.05, 3.63) is 63.5 Å². The summed E-state index contributed by atoms with van der Waals surface area (Å²) in [6, 6.07) is 8.73. The molecule has 172 valence electrons. The van der Waals surface area contributed by atoms with Crippen LogP contribution in [0.4, 0.5) is 22.2 Å². The van der Waals surface area contributed by atoms with Crippen LogP contribution in [0.15, 0.2) is 36.5 Å². The van der Waals surface area contributed by atoms with E-state index >= 15 is 0 Å². The number of nitrogens with zero attached hydrogens (tertiary/aromatic N) is 5. The zero-order valence-electron chi connectivity index (χ0n) is 18.5. The van der Waals surface area contributed by atoms with Crippen molar-refractivity contribution in [2.45, 2.75) is 25.3 Å². The molecule has 2 heterocycles. The number of anilines is 3. The van der Waals surface area contributed by atoms with Gasteiger partial charge in [0.1, 0.15) is 5.69 Å². The third-order valence-corrected chi connectivity index (χ3v) is 6.34. The number of carbonyl (C=O) groups excluding carboxylic acids is 2. The van der Waals surface area contributed by atoms with E-state index in [0.29, 0.717) is 34.7 Å². The first-order chi connectivity index (χ1) is 15.8. The Kier molecular flexibility index (Phi) is 6.58. The second kappa shape index (κ2) is 9.41. The molecule has 0 radical (unpaired) electrons. The van der Waals surface area contributed by atoms with Crippen LogP contribution in [0.25, 0.3) is 0 Å². The summed E-state index contributed by atoms with van der Waals surface area (Å²) in [5, 5.41) is 4.12. The molecule has 0 unspecified atom stereocenters. The maximum Gasteiger partial charge on any atom is 0.325 e. The van der Waals surface area contributed by atoms with Gasteiger partial charge in [-0.15, -0.1) is 0 Å². The normalized spacial score (nSPS) is 13.0. The van der Waals surface area contributed by atoms with Crippen LogP contribution in [0.5, 0.6) is 0 Å². The number of urea groups is 1. The maximum absolute atomic E-state index is 13.1. The summed E-state index contributed by atoms with van der Waals surface area (Å²) in [7, 11) is 4.98. The van der Waals surface area contributed by atoms with Gasteiger partial charge in [0.2, 0.25) is 5.95 Å². The highest BCUT2D eigenvalue weighted by Gasteiger charge is 2.26. The lowest BCUT2D eigenvalue weighted by Crippen LogP contribution is -2.39. The average Bonchev–Trinajstić information content (AvgIpc) is 3.60. The van der Waals surface area contributed by atoms with Crippen LogP contribution in [0, 0.1) is 0 Å².